The van der Waals surface area contributed by atoms with Gasteiger partial charge in [0.25, 0.3) is 0 Å². The van der Waals surface area contributed by atoms with Crippen LogP contribution in [-0.4, -0.2) is 33.9 Å². The molecule has 144 valence electrons. The Hall–Kier alpha value is -1.13. The van der Waals surface area contributed by atoms with E-state index in [2.05, 4.69) is 55.7 Å². The molecule has 1 aromatic carbocycles. The third-order valence-electron chi connectivity index (χ3n) is 3.98. The molecule has 1 unspecified atom stereocenters. The molecule has 0 radical (unpaired) electrons. The van der Waals surface area contributed by atoms with Gasteiger partial charge in [-0.3, -0.25) is 4.68 Å². The Balaban J connectivity index is 0.00000338. The van der Waals surface area contributed by atoms with Crippen LogP contribution in [0.15, 0.2) is 40.1 Å². The smallest absolute Gasteiger partial charge is 0.191 e. The second-order valence-corrected chi connectivity index (χ2v) is 7.21. The summed E-state index contributed by atoms with van der Waals surface area (Å²) in [7, 11) is 1.83. The van der Waals surface area contributed by atoms with Gasteiger partial charge in [-0.2, -0.15) is 5.10 Å². The first-order valence-electron chi connectivity index (χ1n) is 8.30. The predicted octanol–water partition coefficient (Wildman–Crippen LogP) is 3.07. The van der Waals surface area contributed by atoms with Crippen molar-refractivity contribution in [3.63, 3.8) is 0 Å². The fourth-order valence-electron chi connectivity index (χ4n) is 2.40. The second kappa shape index (κ2) is 10.3. The number of aryl methyl sites for hydroxylation is 2. The van der Waals surface area contributed by atoms with E-state index in [4.69, 9.17) is 0 Å². The number of nitrogens with zero attached hydrogens (tertiary/aromatic N) is 3. The molecule has 0 aliphatic rings. The number of hydrogen-bond donors (Lipinski definition) is 3. The number of benzene rings is 1. The maximum atomic E-state index is 10.7. The van der Waals surface area contributed by atoms with Crippen LogP contribution in [0.2, 0.25) is 0 Å². The topological polar surface area (TPSA) is 74.5 Å². The van der Waals surface area contributed by atoms with Crippen LogP contribution in [-0.2, 0) is 19.2 Å². The first-order valence-corrected chi connectivity index (χ1v) is 9.10. The average Bonchev–Trinajstić information content (AvgIpc) is 2.99. The summed E-state index contributed by atoms with van der Waals surface area (Å²) >= 11 is 3.48. The van der Waals surface area contributed by atoms with Crippen molar-refractivity contribution < 1.29 is 5.11 Å². The van der Waals surface area contributed by atoms with Crippen molar-refractivity contribution in [2.24, 2.45) is 12.0 Å². The Morgan fingerprint density at radius 1 is 1.38 bits per heavy atom. The van der Waals surface area contributed by atoms with Crippen molar-refractivity contribution in [2.45, 2.75) is 32.9 Å². The summed E-state index contributed by atoms with van der Waals surface area (Å²) in [5.41, 5.74) is 2.09. The van der Waals surface area contributed by atoms with Gasteiger partial charge >= 0.3 is 0 Å². The standard InChI is InChI=1S/C18H26BrN5O.HI/c1-5-20-17(21-9-14-6-7-16(19)8-13(14)2)22-12-18(3,25)15-10-23-24(4)11-15;/h6-8,10-11,25H,5,9,12H2,1-4H3,(H2,20,21,22);1H. The van der Waals surface area contributed by atoms with E-state index >= 15 is 0 Å². The molecule has 26 heavy (non-hydrogen) atoms. The Morgan fingerprint density at radius 2 is 2.12 bits per heavy atom. The van der Waals surface area contributed by atoms with E-state index in [1.807, 2.05) is 26.2 Å². The van der Waals surface area contributed by atoms with Gasteiger partial charge in [0.2, 0.25) is 0 Å². The zero-order valence-electron chi connectivity index (χ0n) is 15.6. The molecule has 6 nitrogen and oxygen atoms in total. The summed E-state index contributed by atoms with van der Waals surface area (Å²) < 4.78 is 2.75. The molecule has 0 spiro atoms. The van der Waals surface area contributed by atoms with E-state index in [1.165, 1.54) is 11.1 Å². The number of guanidine groups is 1. The van der Waals surface area contributed by atoms with Gasteiger partial charge < -0.3 is 15.7 Å². The Morgan fingerprint density at radius 3 is 2.69 bits per heavy atom. The van der Waals surface area contributed by atoms with Crippen LogP contribution < -0.4 is 10.6 Å². The van der Waals surface area contributed by atoms with E-state index in [9.17, 15) is 5.11 Å². The van der Waals surface area contributed by atoms with Gasteiger partial charge in [-0.25, -0.2) is 4.99 Å². The normalized spacial score (nSPS) is 13.7. The molecule has 0 amide bonds. The SMILES string of the molecule is CCNC(=NCc1ccc(Br)cc1C)NCC(C)(O)c1cnn(C)c1.I. The number of hydrogen-bond acceptors (Lipinski definition) is 3. The van der Waals surface area contributed by atoms with Crippen LogP contribution in [0.25, 0.3) is 0 Å². The summed E-state index contributed by atoms with van der Waals surface area (Å²) in [6, 6.07) is 6.17. The van der Waals surface area contributed by atoms with Gasteiger partial charge in [0.15, 0.2) is 5.96 Å². The number of halogens is 2. The number of nitrogens with one attached hydrogen (secondary N) is 2. The zero-order valence-corrected chi connectivity index (χ0v) is 19.5. The number of aromatic nitrogens is 2. The third kappa shape index (κ3) is 6.55. The molecule has 2 aromatic rings. The van der Waals surface area contributed by atoms with Crippen LogP contribution in [0.1, 0.15) is 30.5 Å². The monoisotopic (exact) mass is 535 g/mol. The summed E-state index contributed by atoms with van der Waals surface area (Å²) in [5, 5.41) is 21.2. The molecule has 0 fully saturated rings. The molecule has 0 bridgehead atoms. The molecule has 1 heterocycles. The van der Waals surface area contributed by atoms with E-state index in [0.717, 1.165) is 16.6 Å². The van der Waals surface area contributed by atoms with Crippen molar-refractivity contribution in [3.8, 4) is 0 Å². The van der Waals surface area contributed by atoms with E-state index in [1.54, 1.807) is 17.8 Å². The van der Waals surface area contributed by atoms with Crippen molar-refractivity contribution in [1.82, 2.24) is 20.4 Å². The molecule has 1 aromatic heterocycles. The lowest BCUT2D eigenvalue weighted by Gasteiger charge is -2.23. The van der Waals surface area contributed by atoms with Gasteiger partial charge in [-0.05, 0) is 44.0 Å². The van der Waals surface area contributed by atoms with E-state index < -0.39 is 5.60 Å². The summed E-state index contributed by atoms with van der Waals surface area (Å²) in [5.74, 6) is 0.675. The lowest BCUT2D eigenvalue weighted by molar-refractivity contribution is 0.0616. The summed E-state index contributed by atoms with van der Waals surface area (Å²) in [6.07, 6.45) is 3.49. The minimum atomic E-state index is -1.03. The van der Waals surface area contributed by atoms with Crippen molar-refractivity contribution >= 4 is 45.9 Å². The molecule has 2 rings (SSSR count). The average molecular weight is 536 g/mol. The van der Waals surface area contributed by atoms with Gasteiger partial charge in [-0.1, -0.05) is 22.0 Å². The largest absolute Gasteiger partial charge is 0.383 e. The number of aliphatic imine (C=N–C) groups is 1. The highest BCUT2D eigenvalue weighted by Gasteiger charge is 2.24. The fraction of sp³-hybridized carbons (Fsp3) is 0.444. The van der Waals surface area contributed by atoms with Gasteiger partial charge in [-0.15, -0.1) is 24.0 Å². The Labute approximate surface area is 180 Å². The molecule has 1 atom stereocenters. The highest BCUT2D eigenvalue weighted by molar-refractivity contribution is 14.0. The molecule has 0 saturated carbocycles. The lowest BCUT2D eigenvalue weighted by Crippen LogP contribution is -2.44. The zero-order chi connectivity index (χ0) is 18.4. The third-order valence-corrected chi connectivity index (χ3v) is 4.48. The highest BCUT2D eigenvalue weighted by Crippen LogP contribution is 2.19. The van der Waals surface area contributed by atoms with Crippen LogP contribution in [0.5, 0.6) is 0 Å². The van der Waals surface area contributed by atoms with Gasteiger partial charge in [0, 0.05) is 29.8 Å². The minimum Gasteiger partial charge on any atom is -0.383 e. The van der Waals surface area contributed by atoms with Gasteiger partial charge in [0.05, 0.1) is 19.3 Å². The number of aliphatic hydroxyl groups is 1. The molecule has 8 heteroatoms. The molecule has 0 saturated heterocycles. The fourth-order valence-corrected chi connectivity index (χ4v) is 2.88. The minimum absolute atomic E-state index is 0. The summed E-state index contributed by atoms with van der Waals surface area (Å²) in [4.78, 5) is 4.62. The van der Waals surface area contributed by atoms with Crippen LogP contribution in [0.3, 0.4) is 0 Å². The number of rotatable bonds is 6. The first-order chi connectivity index (χ1) is 11.8. The van der Waals surface area contributed by atoms with Crippen LogP contribution in [0.4, 0.5) is 0 Å². The van der Waals surface area contributed by atoms with Gasteiger partial charge in [0.1, 0.15) is 5.60 Å². The summed E-state index contributed by atoms with van der Waals surface area (Å²) in [6.45, 7) is 7.51. The van der Waals surface area contributed by atoms with Crippen LogP contribution >= 0.6 is 39.9 Å². The Bertz CT molecular complexity index is 745. The quantitative estimate of drug-likeness (QED) is 0.302. The maximum Gasteiger partial charge on any atom is 0.191 e. The van der Waals surface area contributed by atoms with E-state index in [-0.39, 0.29) is 24.0 Å². The maximum absolute atomic E-state index is 10.7. The Kier molecular flexibility index (Phi) is 9.05. The second-order valence-electron chi connectivity index (χ2n) is 6.30. The van der Waals surface area contributed by atoms with Crippen molar-refractivity contribution in [1.29, 1.82) is 0 Å². The highest BCUT2D eigenvalue weighted by atomic mass is 127. The van der Waals surface area contributed by atoms with Crippen molar-refractivity contribution in [3.05, 3.63) is 51.8 Å². The van der Waals surface area contributed by atoms with Crippen LogP contribution in [0, 0.1) is 6.92 Å². The first kappa shape index (κ1) is 22.9. The van der Waals surface area contributed by atoms with E-state index in [0.29, 0.717) is 19.0 Å². The molecular weight excluding hydrogens is 509 g/mol. The molecule has 0 aliphatic heterocycles. The molecular formula is C18H27BrIN5O. The molecule has 3 N–H and O–H groups in total. The lowest BCUT2D eigenvalue weighted by atomic mass is 10.00. The van der Waals surface area contributed by atoms with Crippen molar-refractivity contribution in [2.75, 3.05) is 13.1 Å². The predicted molar refractivity (Wildman–Crippen MR) is 120 cm³/mol. The molecule has 0 aliphatic carbocycles.